The van der Waals surface area contributed by atoms with Crippen molar-refractivity contribution in [1.29, 1.82) is 0 Å². The van der Waals surface area contributed by atoms with Gasteiger partial charge in [-0.05, 0) is 38.1 Å². The number of carbonyl (C=O) groups is 1. The van der Waals surface area contributed by atoms with Crippen LogP contribution >= 0.6 is 0 Å². The summed E-state index contributed by atoms with van der Waals surface area (Å²) >= 11 is 0. The average molecular weight is 448 g/mol. The highest BCUT2D eigenvalue weighted by atomic mass is 16.5. The van der Waals surface area contributed by atoms with Crippen LogP contribution in [0.15, 0.2) is 29.3 Å². The number of nitrogens with one attached hydrogen (secondary N) is 1. The van der Waals surface area contributed by atoms with Crippen molar-refractivity contribution < 1.29 is 19.0 Å². The fraction of sp³-hybridized carbons (Fsp3) is 0.652. The van der Waals surface area contributed by atoms with Crippen molar-refractivity contribution in [3.63, 3.8) is 0 Å². The average Bonchev–Trinajstić information content (AvgIpc) is 2.83. The van der Waals surface area contributed by atoms with E-state index < -0.39 is 0 Å². The number of morpholine rings is 1. The van der Waals surface area contributed by atoms with Crippen LogP contribution in [0.25, 0.3) is 0 Å². The molecule has 0 aliphatic carbocycles. The lowest BCUT2D eigenvalue weighted by Gasteiger charge is -2.37. The molecule has 1 unspecified atom stereocenters. The van der Waals surface area contributed by atoms with Crippen LogP contribution in [0.3, 0.4) is 0 Å². The number of hydrogen-bond acceptors (Lipinski definition) is 6. The molecule has 2 saturated heterocycles. The molecule has 2 aliphatic rings. The lowest BCUT2D eigenvalue weighted by molar-refractivity contribution is -0.136. The molecule has 0 spiro atoms. The van der Waals surface area contributed by atoms with Crippen LogP contribution in [0.4, 0.5) is 0 Å². The molecule has 3 rings (SSSR count). The summed E-state index contributed by atoms with van der Waals surface area (Å²) in [7, 11) is 1.65. The van der Waals surface area contributed by atoms with E-state index >= 15 is 0 Å². The molecule has 1 atom stereocenters. The topological polar surface area (TPSA) is 78.9 Å². The Hall–Kier alpha value is -2.52. The van der Waals surface area contributed by atoms with Crippen molar-refractivity contribution in [2.45, 2.75) is 20.0 Å². The summed E-state index contributed by atoms with van der Waals surface area (Å²) in [5.74, 6) is 2.71. The molecule has 1 aromatic rings. The van der Waals surface area contributed by atoms with Gasteiger partial charge in [0, 0.05) is 45.8 Å². The highest BCUT2D eigenvalue weighted by Crippen LogP contribution is 2.18. The van der Waals surface area contributed by atoms with Crippen LogP contribution in [0.1, 0.15) is 13.8 Å². The van der Waals surface area contributed by atoms with Crippen molar-refractivity contribution in [2.24, 2.45) is 4.99 Å². The summed E-state index contributed by atoms with van der Waals surface area (Å²) < 4.78 is 16.5. The zero-order chi connectivity index (χ0) is 22.8. The van der Waals surface area contributed by atoms with Crippen LogP contribution in [0, 0.1) is 0 Å². The van der Waals surface area contributed by atoms with Gasteiger partial charge in [0.15, 0.2) is 5.96 Å². The molecule has 2 fully saturated rings. The first-order valence-corrected chi connectivity index (χ1v) is 11.5. The second-order valence-corrected chi connectivity index (χ2v) is 8.05. The van der Waals surface area contributed by atoms with Crippen molar-refractivity contribution in [3.05, 3.63) is 24.3 Å². The van der Waals surface area contributed by atoms with Gasteiger partial charge in [-0.2, -0.15) is 0 Å². The Morgan fingerprint density at radius 2 is 1.72 bits per heavy atom. The SMILES string of the molecule is CCNC(=NCC(C)Oc1ccc(OC)cc1)N1CCN(CC(=O)N2CCOCC2)CC1. The van der Waals surface area contributed by atoms with Gasteiger partial charge < -0.3 is 29.3 Å². The van der Waals surface area contributed by atoms with Gasteiger partial charge in [0.2, 0.25) is 5.91 Å². The molecular formula is C23H37N5O4. The third kappa shape index (κ3) is 7.27. The quantitative estimate of drug-likeness (QED) is 0.469. The Bertz CT molecular complexity index is 728. The number of guanidine groups is 1. The second-order valence-electron chi connectivity index (χ2n) is 8.05. The maximum absolute atomic E-state index is 12.5. The van der Waals surface area contributed by atoms with E-state index in [4.69, 9.17) is 19.2 Å². The van der Waals surface area contributed by atoms with E-state index in [1.807, 2.05) is 36.1 Å². The number of benzene rings is 1. The largest absolute Gasteiger partial charge is 0.497 e. The molecule has 0 bridgehead atoms. The number of carbonyl (C=O) groups excluding carboxylic acids is 1. The number of piperazine rings is 1. The second kappa shape index (κ2) is 12.5. The first-order chi connectivity index (χ1) is 15.6. The number of ether oxygens (including phenoxy) is 3. The summed E-state index contributed by atoms with van der Waals surface area (Å²) in [6, 6.07) is 7.58. The fourth-order valence-electron chi connectivity index (χ4n) is 3.79. The Morgan fingerprint density at radius 1 is 1.06 bits per heavy atom. The molecule has 2 heterocycles. The lowest BCUT2D eigenvalue weighted by Crippen LogP contribution is -2.55. The van der Waals surface area contributed by atoms with Crippen molar-refractivity contribution in [2.75, 3.05) is 79.2 Å². The Labute approximate surface area is 191 Å². The van der Waals surface area contributed by atoms with E-state index in [2.05, 4.69) is 22.0 Å². The third-order valence-electron chi connectivity index (χ3n) is 5.62. The minimum Gasteiger partial charge on any atom is -0.497 e. The maximum Gasteiger partial charge on any atom is 0.236 e. The summed E-state index contributed by atoms with van der Waals surface area (Å²) in [4.78, 5) is 23.7. The van der Waals surface area contributed by atoms with Crippen LogP contribution in [0.2, 0.25) is 0 Å². The zero-order valence-electron chi connectivity index (χ0n) is 19.6. The molecule has 0 saturated carbocycles. The molecule has 0 aromatic heterocycles. The van der Waals surface area contributed by atoms with Crippen molar-refractivity contribution in [3.8, 4) is 11.5 Å². The van der Waals surface area contributed by atoms with E-state index in [0.29, 0.717) is 39.4 Å². The number of methoxy groups -OCH3 is 1. The highest BCUT2D eigenvalue weighted by molar-refractivity contribution is 5.80. The molecule has 9 nitrogen and oxygen atoms in total. The number of hydrogen-bond donors (Lipinski definition) is 1. The highest BCUT2D eigenvalue weighted by Gasteiger charge is 2.24. The van der Waals surface area contributed by atoms with E-state index in [1.165, 1.54) is 0 Å². The lowest BCUT2D eigenvalue weighted by atomic mass is 10.3. The first-order valence-electron chi connectivity index (χ1n) is 11.5. The van der Waals surface area contributed by atoms with Gasteiger partial charge in [0.25, 0.3) is 0 Å². The van der Waals surface area contributed by atoms with Crippen LogP contribution < -0.4 is 14.8 Å². The summed E-state index contributed by atoms with van der Waals surface area (Å²) in [5, 5.41) is 3.39. The fourth-order valence-corrected chi connectivity index (χ4v) is 3.79. The third-order valence-corrected chi connectivity index (χ3v) is 5.62. The van der Waals surface area contributed by atoms with Crippen LogP contribution in [-0.4, -0.2) is 112 Å². The van der Waals surface area contributed by atoms with E-state index in [-0.39, 0.29) is 12.0 Å². The molecular weight excluding hydrogens is 410 g/mol. The molecule has 1 aromatic carbocycles. The van der Waals surface area contributed by atoms with Gasteiger partial charge in [-0.25, -0.2) is 4.99 Å². The van der Waals surface area contributed by atoms with Gasteiger partial charge in [-0.1, -0.05) is 0 Å². The molecule has 32 heavy (non-hydrogen) atoms. The van der Waals surface area contributed by atoms with Crippen LogP contribution in [0.5, 0.6) is 11.5 Å². The number of aliphatic imine (C=N–C) groups is 1. The Morgan fingerprint density at radius 3 is 2.34 bits per heavy atom. The maximum atomic E-state index is 12.5. The van der Waals surface area contributed by atoms with E-state index in [0.717, 1.165) is 50.2 Å². The predicted octanol–water partition coefficient (Wildman–Crippen LogP) is 0.904. The van der Waals surface area contributed by atoms with Crippen molar-refractivity contribution >= 4 is 11.9 Å². The minimum atomic E-state index is -0.0514. The van der Waals surface area contributed by atoms with Crippen molar-refractivity contribution in [1.82, 2.24) is 20.0 Å². The van der Waals surface area contributed by atoms with E-state index in [9.17, 15) is 4.79 Å². The molecule has 178 valence electrons. The Balaban J connectivity index is 1.46. The molecule has 2 aliphatic heterocycles. The molecule has 9 heteroatoms. The first kappa shape index (κ1) is 24.1. The summed E-state index contributed by atoms with van der Waals surface area (Å²) in [5.41, 5.74) is 0. The smallest absolute Gasteiger partial charge is 0.236 e. The zero-order valence-corrected chi connectivity index (χ0v) is 19.6. The number of nitrogens with zero attached hydrogens (tertiary/aromatic N) is 4. The standard InChI is InChI=1S/C23H37N5O4/c1-4-24-23(25-17-19(2)32-21-7-5-20(30-3)6-8-21)28-11-9-26(10-12-28)18-22(29)27-13-15-31-16-14-27/h5-8,19H,4,9-18H2,1-3H3,(H,24,25). The number of rotatable bonds is 8. The monoisotopic (exact) mass is 447 g/mol. The van der Waals surface area contributed by atoms with E-state index in [1.54, 1.807) is 7.11 Å². The van der Waals surface area contributed by atoms with Crippen LogP contribution in [-0.2, 0) is 9.53 Å². The predicted molar refractivity (Wildman–Crippen MR) is 124 cm³/mol. The Kier molecular flexibility index (Phi) is 9.43. The van der Waals surface area contributed by atoms with Gasteiger partial charge in [-0.15, -0.1) is 0 Å². The summed E-state index contributed by atoms with van der Waals surface area (Å²) in [6.45, 7) is 12.0. The van der Waals surface area contributed by atoms with Gasteiger partial charge in [0.1, 0.15) is 17.6 Å². The summed E-state index contributed by atoms with van der Waals surface area (Å²) in [6.07, 6.45) is -0.0514. The molecule has 0 radical (unpaired) electrons. The molecule has 1 N–H and O–H groups in total. The van der Waals surface area contributed by atoms with Gasteiger partial charge in [-0.3, -0.25) is 9.69 Å². The van der Waals surface area contributed by atoms with Gasteiger partial charge >= 0.3 is 0 Å². The molecule has 1 amide bonds. The minimum absolute atomic E-state index is 0.0514. The number of amides is 1. The van der Waals surface area contributed by atoms with Gasteiger partial charge in [0.05, 0.1) is 33.4 Å². The normalized spacial score (nSPS) is 18.9.